The summed E-state index contributed by atoms with van der Waals surface area (Å²) in [4.78, 5) is 11.6. The van der Waals surface area contributed by atoms with Crippen LogP contribution >= 0.6 is 0 Å². The molecule has 0 aliphatic heterocycles. The van der Waals surface area contributed by atoms with E-state index >= 15 is 0 Å². The van der Waals surface area contributed by atoms with Crippen LogP contribution in [-0.2, 0) is 21.2 Å². The molecule has 6 nitrogen and oxygen atoms in total. The monoisotopic (exact) mass is 374 g/mol. The molecular formula is C11H8BF5O6S. The number of aromatic hydroxyl groups is 1. The third kappa shape index (κ3) is 4.14. The minimum absolute atomic E-state index is 0.0992. The highest BCUT2D eigenvalue weighted by molar-refractivity contribution is 7.86. The molecule has 0 spiro atoms. The first-order chi connectivity index (χ1) is 10.7. The van der Waals surface area contributed by atoms with Crippen LogP contribution in [0.2, 0.25) is 0 Å². The van der Waals surface area contributed by atoms with Gasteiger partial charge in [-0.3, -0.25) is 4.55 Å². The van der Waals surface area contributed by atoms with Crippen LogP contribution in [0.4, 0.5) is 22.0 Å². The Morgan fingerprint density at radius 1 is 1.25 bits per heavy atom. The second kappa shape index (κ2) is 6.55. The number of carbonyl (C=O) groups excluding carboxylic acids is 1. The summed E-state index contributed by atoms with van der Waals surface area (Å²) in [5.74, 6) is -2.61. The van der Waals surface area contributed by atoms with E-state index in [0.717, 1.165) is 12.1 Å². The average molecular weight is 374 g/mol. The molecule has 0 amide bonds. The number of hydrogen-bond acceptors (Lipinski definition) is 5. The minimum Gasteiger partial charge on any atom is -0.508 e. The van der Waals surface area contributed by atoms with Crippen LogP contribution in [-0.4, -0.2) is 49.4 Å². The summed E-state index contributed by atoms with van der Waals surface area (Å²) in [7, 11) is -1.33. The maximum atomic E-state index is 13.3. The lowest BCUT2D eigenvalue weighted by atomic mass is 9.95. The number of esters is 1. The van der Waals surface area contributed by atoms with Crippen molar-refractivity contribution in [1.29, 1.82) is 0 Å². The van der Waals surface area contributed by atoms with Gasteiger partial charge in [0.25, 0.3) is 6.10 Å². The number of hydrogen-bond donors (Lipinski definition) is 2. The van der Waals surface area contributed by atoms with E-state index in [1.54, 1.807) is 0 Å². The molecule has 0 heterocycles. The van der Waals surface area contributed by atoms with E-state index in [1.807, 2.05) is 0 Å². The van der Waals surface area contributed by atoms with Crippen molar-refractivity contribution in [3.05, 3.63) is 29.3 Å². The fourth-order valence-electron chi connectivity index (χ4n) is 1.50. The summed E-state index contributed by atoms with van der Waals surface area (Å²) >= 11 is 0. The maximum absolute atomic E-state index is 13.3. The molecule has 1 unspecified atom stereocenters. The van der Waals surface area contributed by atoms with Gasteiger partial charge in [-0.2, -0.15) is 30.4 Å². The molecule has 1 aromatic carbocycles. The highest BCUT2D eigenvalue weighted by Crippen LogP contribution is 2.38. The van der Waals surface area contributed by atoms with Gasteiger partial charge in [-0.05, 0) is 17.7 Å². The van der Waals surface area contributed by atoms with Gasteiger partial charge in [-0.15, -0.1) is 0 Å². The van der Waals surface area contributed by atoms with Crippen LogP contribution in [0.25, 0.3) is 0 Å². The number of ether oxygens (including phenoxy) is 1. The van der Waals surface area contributed by atoms with Crippen LogP contribution in [0, 0.1) is 0 Å². The predicted octanol–water partition coefficient (Wildman–Crippen LogP) is 1.63. The molecule has 0 saturated heterocycles. The second-order valence-corrected chi connectivity index (χ2v) is 5.91. The van der Waals surface area contributed by atoms with E-state index < -0.39 is 44.9 Å². The standard InChI is InChI=1S/C11H8BF5O6S/c12-4-6-2-1-5(3-7(6)18)8(19)23-9(10(13,14)15)11(16,17)24(20,21)22/h1-3,9,18H,4H2,(H,20,21,22). The molecule has 0 fully saturated rings. The number of alkyl halides is 5. The van der Waals surface area contributed by atoms with Crippen molar-refractivity contribution in [2.45, 2.75) is 23.9 Å². The smallest absolute Gasteiger partial charge is 0.432 e. The van der Waals surface area contributed by atoms with E-state index in [4.69, 9.17) is 12.4 Å². The number of benzene rings is 1. The van der Waals surface area contributed by atoms with Gasteiger partial charge in [-0.1, -0.05) is 12.4 Å². The van der Waals surface area contributed by atoms with E-state index in [1.165, 1.54) is 0 Å². The van der Waals surface area contributed by atoms with Crippen LogP contribution in [0.1, 0.15) is 15.9 Å². The number of carbonyl (C=O) groups is 1. The summed E-state index contributed by atoms with van der Waals surface area (Å²) in [5, 5.41) is 3.60. The number of phenols is 1. The quantitative estimate of drug-likeness (QED) is 0.352. The fourth-order valence-corrected chi connectivity index (χ4v) is 1.95. The Kier molecular flexibility index (Phi) is 5.50. The van der Waals surface area contributed by atoms with Gasteiger partial charge in [0.1, 0.15) is 5.75 Å². The Morgan fingerprint density at radius 2 is 1.79 bits per heavy atom. The van der Waals surface area contributed by atoms with Crippen molar-refractivity contribution < 1.29 is 49.6 Å². The number of halogens is 5. The van der Waals surface area contributed by atoms with Crippen LogP contribution < -0.4 is 0 Å². The highest BCUT2D eigenvalue weighted by atomic mass is 32.2. The number of rotatable bonds is 5. The van der Waals surface area contributed by atoms with Crippen molar-refractivity contribution in [2.75, 3.05) is 0 Å². The van der Waals surface area contributed by atoms with E-state index in [2.05, 4.69) is 4.74 Å². The minimum atomic E-state index is -6.53. The molecule has 2 N–H and O–H groups in total. The van der Waals surface area contributed by atoms with Crippen LogP contribution in [0.5, 0.6) is 5.75 Å². The lowest BCUT2D eigenvalue weighted by Gasteiger charge is -2.26. The van der Waals surface area contributed by atoms with Crippen molar-refractivity contribution in [3.63, 3.8) is 0 Å². The van der Waals surface area contributed by atoms with Crippen LogP contribution in [0.15, 0.2) is 18.2 Å². The zero-order valence-electron chi connectivity index (χ0n) is 11.4. The third-order valence-corrected chi connectivity index (χ3v) is 3.61. The lowest BCUT2D eigenvalue weighted by Crippen LogP contribution is -2.52. The Bertz CT molecular complexity index is 733. The SMILES string of the molecule is [B]Cc1ccc(C(=O)OC(C(F)(F)F)C(F)(F)S(=O)(=O)O)cc1O. The molecule has 0 aliphatic carbocycles. The second-order valence-electron chi connectivity index (χ2n) is 4.41. The Balaban J connectivity index is 3.21. The van der Waals surface area contributed by atoms with Crippen molar-refractivity contribution in [2.24, 2.45) is 0 Å². The topological polar surface area (TPSA) is 101 Å². The maximum Gasteiger partial charge on any atom is 0.432 e. The van der Waals surface area contributed by atoms with E-state index in [9.17, 15) is 40.3 Å². The zero-order chi connectivity index (χ0) is 18.9. The van der Waals surface area contributed by atoms with Crippen molar-refractivity contribution >= 4 is 23.9 Å². The van der Waals surface area contributed by atoms with Gasteiger partial charge in [-0.25, -0.2) is 4.79 Å². The molecule has 0 bridgehead atoms. The van der Waals surface area contributed by atoms with Crippen molar-refractivity contribution in [3.8, 4) is 5.75 Å². The summed E-state index contributed by atoms with van der Waals surface area (Å²) in [6.45, 7) is 0. The average Bonchev–Trinajstić information content (AvgIpc) is 2.41. The lowest BCUT2D eigenvalue weighted by molar-refractivity contribution is -0.248. The summed E-state index contributed by atoms with van der Waals surface area (Å²) in [6, 6.07) is 2.45. The van der Waals surface area contributed by atoms with Gasteiger partial charge in [0.15, 0.2) is 0 Å². The molecule has 1 aromatic rings. The largest absolute Gasteiger partial charge is 0.508 e. The van der Waals surface area contributed by atoms with Crippen LogP contribution in [0.3, 0.4) is 0 Å². The molecule has 1 atom stereocenters. The molecule has 0 saturated carbocycles. The molecule has 2 radical (unpaired) electrons. The third-order valence-electron chi connectivity index (χ3n) is 2.71. The predicted molar refractivity (Wildman–Crippen MR) is 69.3 cm³/mol. The highest BCUT2D eigenvalue weighted by Gasteiger charge is 2.66. The molecule has 0 aliphatic rings. The first-order valence-electron chi connectivity index (χ1n) is 5.86. The zero-order valence-corrected chi connectivity index (χ0v) is 12.2. The first-order valence-corrected chi connectivity index (χ1v) is 7.30. The summed E-state index contributed by atoms with van der Waals surface area (Å²) < 4.78 is 97.1. The fraction of sp³-hybridized carbons (Fsp3) is 0.364. The summed E-state index contributed by atoms with van der Waals surface area (Å²) in [5.41, 5.74) is -0.674. The van der Waals surface area contributed by atoms with E-state index in [0.29, 0.717) is 6.07 Å². The first kappa shape index (κ1) is 20.2. The molecule has 24 heavy (non-hydrogen) atoms. The normalized spacial score (nSPS) is 14.2. The molecule has 13 heteroatoms. The van der Waals surface area contributed by atoms with Gasteiger partial charge >= 0.3 is 27.5 Å². The van der Waals surface area contributed by atoms with Gasteiger partial charge in [0, 0.05) is 0 Å². The Labute approximate surface area is 133 Å². The van der Waals surface area contributed by atoms with Crippen molar-refractivity contribution in [1.82, 2.24) is 0 Å². The van der Waals surface area contributed by atoms with E-state index in [-0.39, 0.29) is 11.9 Å². The Morgan fingerprint density at radius 3 is 2.17 bits per heavy atom. The van der Waals surface area contributed by atoms with Gasteiger partial charge in [0.2, 0.25) is 0 Å². The summed E-state index contributed by atoms with van der Waals surface area (Å²) in [6.07, 6.45) is -10.6. The van der Waals surface area contributed by atoms with Gasteiger partial charge < -0.3 is 9.84 Å². The van der Waals surface area contributed by atoms with Gasteiger partial charge in [0.05, 0.1) is 13.4 Å². The Hall–Kier alpha value is -1.89. The molecule has 132 valence electrons. The number of phenolic OH excluding ortho intramolecular Hbond substituents is 1. The molecule has 0 aromatic heterocycles. The molecule has 1 rings (SSSR count). The molecular weight excluding hydrogens is 366 g/mol.